The second-order valence-corrected chi connectivity index (χ2v) is 5.57. The first kappa shape index (κ1) is 15.5. The maximum absolute atomic E-state index is 12.0. The maximum atomic E-state index is 12.0. The highest BCUT2D eigenvalue weighted by Crippen LogP contribution is 2.31. The Morgan fingerprint density at radius 3 is 2.57 bits per heavy atom. The van der Waals surface area contributed by atoms with Crippen molar-refractivity contribution in [1.29, 1.82) is 0 Å². The predicted octanol–water partition coefficient (Wildman–Crippen LogP) is 5.26. The fourth-order valence-electron chi connectivity index (χ4n) is 1.72. The molecule has 0 saturated heterocycles. The van der Waals surface area contributed by atoms with Crippen molar-refractivity contribution in [2.45, 2.75) is 0 Å². The van der Waals surface area contributed by atoms with E-state index in [1.54, 1.807) is 12.2 Å². The van der Waals surface area contributed by atoms with Crippen LogP contribution in [0.4, 0.5) is 0 Å². The number of benzene rings is 2. The van der Waals surface area contributed by atoms with Gasteiger partial charge in [0.2, 0.25) is 0 Å². The largest absolute Gasteiger partial charge is 0.506 e. The standard InChI is InChI=1S/C17H12BrClO2/c18-15-11-13(19)10-14(17(15)21)16(20)9-5-4-8-12-6-2-1-3-7-12/h1-11,21H/b8-4+,9-5+. The van der Waals surface area contributed by atoms with Crippen LogP contribution in [-0.2, 0) is 0 Å². The molecular formula is C17H12BrClO2. The van der Waals surface area contributed by atoms with Gasteiger partial charge in [-0.15, -0.1) is 0 Å². The fraction of sp³-hybridized carbons (Fsp3) is 0. The highest BCUT2D eigenvalue weighted by molar-refractivity contribution is 9.10. The molecular weight excluding hydrogens is 352 g/mol. The average Bonchev–Trinajstić information content (AvgIpc) is 2.48. The molecule has 0 amide bonds. The molecule has 1 N–H and O–H groups in total. The van der Waals surface area contributed by atoms with Gasteiger partial charge < -0.3 is 5.11 Å². The molecule has 0 unspecified atom stereocenters. The first-order chi connectivity index (χ1) is 10.1. The number of phenolic OH excluding ortho intramolecular Hbond substituents is 1. The quantitative estimate of drug-likeness (QED) is 0.457. The van der Waals surface area contributed by atoms with Crippen LogP contribution in [-0.4, -0.2) is 10.9 Å². The summed E-state index contributed by atoms with van der Waals surface area (Å²) < 4.78 is 0.395. The minimum absolute atomic E-state index is 0.110. The van der Waals surface area contributed by atoms with E-state index >= 15 is 0 Å². The van der Waals surface area contributed by atoms with Crippen LogP contribution in [0.15, 0.2) is 65.2 Å². The number of carbonyl (C=O) groups excluding carboxylic acids is 1. The van der Waals surface area contributed by atoms with Gasteiger partial charge in [0, 0.05) is 5.02 Å². The Labute approximate surface area is 136 Å². The topological polar surface area (TPSA) is 37.3 Å². The Bertz CT molecular complexity index is 706. The summed E-state index contributed by atoms with van der Waals surface area (Å²) in [7, 11) is 0. The molecule has 0 aliphatic rings. The van der Waals surface area contributed by atoms with Gasteiger partial charge in [0.1, 0.15) is 5.75 Å². The minimum Gasteiger partial charge on any atom is -0.506 e. The Balaban J connectivity index is 2.12. The lowest BCUT2D eigenvalue weighted by molar-refractivity contribution is 0.104. The Morgan fingerprint density at radius 1 is 1.14 bits per heavy atom. The van der Waals surface area contributed by atoms with Gasteiger partial charge in [-0.3, -0.25) is 4.79 Å². The molecule has 106 valence electrons. The summed E-state index contributed by atoms with van der Waals surface area (Å²) in [5, 5.41) is 10.2. The van der Waals surface area contributed by atoms with Gasteiger partial charge in [-0.25, -0.2) is 0 Å². The normalized spacial score (nSPS) is 11.3. The van der Waals surface area contributed by atoms with E-state index in [4.69, 9.17) is 11.6 Å². The molecule has 2 aromatic carbocycles. The van der Waals surface area contributed by atoms with Crippen molar-refractivity contribution in [2.24, 2.45) is 0 Å². The lowest BCUT2D eigenvalue weighted by Crippen LogP contribution is -1.95. The number of carbonyl (C=O) groups is 1. The lowest BCUT2D eigenvalue weighted by Gasteiger charge is -2.03. The Hall–Kier alpha value is -1.84. The van der Waals surface area contributed by atoms with Gasteiger partial charge in [0.15, 0.2) is 5.78 Å². The second kappa shape index (κ2) is 7.25. The third-order valence-corrected chi connectivity index (χ3v) is 3.56. The van der Waals surface area contributed by atoms with Crippen molar-refractivity contribution in [3.8, 4) is 5.75 Å². The van der Waals surface area contributed by atoms with Crippen molar-refractivity contribution in [3.63, 3.8) is 0 Å². The summed E-state index contributed by atoms with van der Waals surface area (Å²) in [5.74, 6) is -0.422. The summed E-state index contributed by atoms with van der Waals surface area (Å²) in [6, 6.07) is 12.7. The minimum atomic E-state index is -0.312. The van der Waals surface area contributed by atoms with Crippen LogP contribution in [0.25, 0.3) is 6.08 Å². The summed E-state index contributed by atoms with van der Waals surface area (Å²) in [4.78, 5) is 12.0. The SMILES string of the molecule is O=C(/C=C/C=C/c1ccccc1)c1cc(Cl)cc(Br)c1O. The molecule has 0 aliphatic carbocycles. The van der Waals surface area contributed by atoms with Crippen LogP contribution < -0.4 is 0 Å². The van der Waals surface area contributed by atoms with Crippen molar-refractivity contribution in [3.05, 3.63) is 81.3 Å². The van der Waals surface area contributed by atoms with Crippen LogP contribution in [0.1, 0.15) is 15.9 Å². The smallest absolute Gasteiger partial charge is 0.189 e. The highest BCUT2D eigenvalue weighted by Gasteiger charge is 2.12. The number of allylic oxidation sites excluding steroid dienone is 3. The van der Waals surface area contributed by atoms with E-state index in [1.807, 2.05) is 36.4 Å². The molecule has 21 heavy (non-hydrogen) atoms. The number of hydrogen-bond donors (Lipinski definition) is 1. The zero-order valence-electron chi connectivity index (χ0n) is 11.0. The fourth-order valence-corrected chi connectivity index (χ4v) is 2.53. The molecule has 0 aromatic heterocycles. The van der Waals surface area contributed by atoms with Gasteiger partial charge in [-0.1, -0.05) is 60.2 Å². The average molecular weight is 364 g/mol. The zero-order chi connectivity index (χ0) is 15.2. The molecule has 0 fully saturated rings. The van der Waals surface area contributed by atoms with E-state index in [2.05, 4.69) is 15.9 Å². The molecule has 0 heterocycles. The van der Waals surface area contributed by atoms with Gasteiger partial charge in [-0.2, -0.15) is 0 Å². The molecule has 2 rings (SSSR count). The number of halogens is 2. The lowest BCUT2D eigenvalue weighted by atomic mass is 10.1. The first-order valence-corrected chi connectivity index (χ1v) is 7.37. The van der Waals surface area contributed by atoms with E-state index in [9.17, 15) is 9.90 Å². The van der Waals surface area contributed by atoms with Gasteiger partial charge in [0.25, 0.3) is 0 Å². The van der Waals surface area contributed by atoms with Crippen molar-refractivity contribution in [1.82, 2.24) is 0 Å². The van der Waals surface area contributed by atoms with Gasteiger partial charge in [0.05, 0.1) is 10.0 Å². The van der Waals surface area contributed by atoms with Crippen LogP contribution >= 0.6 is 27.5 Å². The van der Waals surface area contributed by atoms with E-state index in [-0.39, 0.29) is 17.1 Å². The third kappa shape index (κ3) is 4.31. The van der Waals surface area contributed by atoms with Gasteiger partial charge in [-0.05, 0) is 39.7 Å². The number of aromatic hydroxyl groups is 1. The van der Waals surface area contributed by atoms with Crippen LogP contribution in [0.2, 0.25) is 5.02 Å². The number of ketones is 1. The molecule has 2 aromatic rings. The van der Waals surface area contributed by atoms with Crippen molar-refractivity contribution in [2.75, 3.05) is 0 Å². The number of phenols is 1. The Kier molecular flexibility index (Phi) is 5.37. The summed E-state index contributed by atoms with van der Waals surface area (Å²) in [6.45, 7) is 0. The van der Waals surface area contributed by atoms with E-state index in [0.717, 1.165) is 5.56 Å². The summed E-state index contributed by atoms with van der Waals surface area (Å²) in [6.07, 6.45) is 6.67. The molecule has 4 heteroatoms. The van der Waals surface area contributed by atoms with Gasteiger partial charge >= 0.3 is 0 Å². The van der Waals surface area contributed by atoms with Crippen LogP contribution in [0.5, 0.6) is 5.75 Å². The molecule has 0 bridgehead atoms. The van der Waals surface area contributed by atoms with Crippen LogP contribution in [0, 0.1) is 0 Å². The Morgan fingerprint density at radius 2 is 1.86 bits per heavy atom. The number of rotatable bonds is 4. The van der Waals surface area contributed by atoms with Crippen molar-refractivity contribution < 1.29 is 9.90 Å². The highest BCUT2D eigenvalue weighted by atomic mass is 79.9. The monoisotopic (exact) mass is 362 g/mol. The molecule has 0 aliphatic heterocycles. The summed E-state index contributed by atoms with van der Waals surface area (Å²) in [5.41, 5.74) is 1.21. The molecule has 0 atom stereocenters. The van der Waals surface area contributed by atoms with E-state index < -0.39 is 0 Å². The molecule has 0 radical (unpaired) electrons. The molecule has 2 nitrogen and oxygen atoms in total. The maximum Gasteiger partial charge on any atom is 0.189 e. The second-order valence-electron chi connectivity index (χ2n) is 4.28. The molecule has 0 spiro atoms. The van der Waals surface area contributed by atoms with E-state index in [0.29, 0.717) is 9.50 Å². The number of hydrogen-bond acceptors (Lipinski definition) is 2. The van der Waals surface area contributed by atoms with E-state index in [1.165, 1.54) is 18.2 Å². The third-order valence-electron chi connectivity index (χ3n) is 2.74. The van der Waals surface area contributed by atoms with Crippen LogP contribution in [0.3, 0.4) is 0 Å². The zero-order valence-corrected chi connectivity index (χ0v) is 13.3. The van der Waals surface area contributed by atoms with Crippen molar-refractivity contribution >= 4 is 39.4 Å². The summed E-state index contributed by atoms with van der Waals surface area (Å²) >= 11 is 9.03. The molecule has 0 saturated carbocycles. The first-order valence-electron chi connectivity index (χ1n) is 6.20. The predicted molar refractivity (Wildman–Crippen MR) is 89.8 cm³/mol.